The van der Waals surface area contributed by atoms with Gasteiger partial charge in [-0.2, -0.15) is 4.31 Å². The highest BCUT2D eigenvalue weighted by molar-refractivity contribution is 7.91. The van der Waals surface area contributed by atoms with E-state index in [2.05, 4.69) is 0 Å². The van der Waals surface area contributed by atoms with Crippen LogP contribution < -0.4 is 0 Å². The minimum absolute atomic E-state index is 0.00453. The first-order valence-corrected chi connectivity index (χ1v) is 9.14. The minimum atomic E-state index is -3.40. The third-order valence-electron chi connectivity index (χ3n) is 4.11. The van der Waals surface area contributed by atoms with Crippen LogP contribution in [0.15, 0.2) is 21.7 Å². The maximum absolute atomic E-state index is 12.7. The molecule has 0 amide bonds. The zero-order valence-corrected chi connectivity index (χ0v) is 13.0. The van der Waals surface area contributed by atoms with Crippen LogP contribution in [0, 0.1) is 0 Å². The molecule has 2 aliphatic rings. The van der Waals surface area contributed by atoms with Crippen molar-refractivity contribution in [1.29, 1.82) is 0 Å². The molecule has 0 radical (unpaired) electrons. The van der Waals surface area contributed by atoms with Crippen LogP contribution in [0.2, 0.25) is 0 Å². The van der Waals surface area contributed by atoms with Gasteiger partial charge in [-0.05, 0) is 30.7 Å². The van der Waals surface area contributed by atoms with Gasteiger partial charge in [-0.1, -0.05) is 6.07 Å². The number of nitrogens with zero attached hydrogens (tertiary/aromatic N) is 1. The average Bonchev–Trinajstić information content (AvgIpc) is 3.01. The number of rotatable bonds is 3. The van der Waals surface area contributed by atoms with Gasteiger partial charge in [-0.15, -0.1) is 11.3 Å². The van der Waals surface area contributed by atoms with E-state index in [0.717, 1.165) is 12.8 Å². The van der Waals surface area contributed by atoms with Crippen LogP contribution in [-0.4, -0.2) is 51.2 Å². The molecule has 0 unspecified atom stereocenters. The van der Waals surface area contributed by atoms with E-state index in [9.17, 15) is 8.42 Å². The summed E-state index contributed by atoms with van der Waals surface area (Å²) in [7, 11) is -1.72. The molecule has 0 spiro atoms. The van der Waals surface area contributed by atoms with Gasteiger partial charge in [0.25, 0.3) is 10.0 Å². The van der Waals surface area contributed by atoms with Gasteiger partial charge in [-0.25, -0.2) is 8.42 Å². The van der Waals surface area contributed by atoms with E-state index in [1.54, 1.807) is 28.9 Å². The van der Waals surface area contributed by atoms with Crippen molar-refractivity contribution in [2.75, 3.05) is 20.3 Å². The van der Waals surface area contributed by atoms with Crippen LogP contribution >= 0.6 is 11.3 Å². The average molecular weight is 317 g/mol. The molecule has 3 rings (SSSR count). The Morgan fingerprint density at radius 3 is 3.00 bits per heavy atom. The van der Waals surface area contributed by atoms with E-state index >= 15 is 0 Å². The second-order valence-corrected chi connectivity index (χ2v) is 8.26. The molecule has 1 aliphatic carbocycles. The number of ether oxygens (including phenoxy) is 2. The maximum atomic E-state index is 12.7. The van der Waals surface area contributed by atoms with Crippen molar-refractivity contribution in [3.05, 3.63) is 17.5 Å². The van der Waals surface area contributed by atoms with Crippen molar-refractivity contribution >= 4 is 21.4 Å². The molecule has 5 nitrogen and oxygen atoms in total. The lowest BCUT2D eigenvalue weighted by Gasteiger charge is -2.44. The smallest absolute Gasteiger partial charge is 0.252 e. The maximum Gasteiger partial charge on any atom is 0.252 e. The monoisotopic (exact) mass is 317 g/mol. The van der Waals surface area contributed by atoms with E-state index in [1.165, 1.54) is 11.3 Å². The highest BCUT2D eigenvalue weighted by atomic mass is 32.2. The molecule has 1 aliphatic heterocycles. The van der Waals surface area contributed by atoms with Gasteiger partial charge >= 0.3 is 0 Å². The lowest BCUT2D eigenvalue weighted by Crippen LogP contribution is -2.56. The first-order chi connectivity index (χ1) is 9.63. The van der Waals surface area contributed by atoms with Crippen molar-refractivity contribution in [3.63, 3.8) is 0 Å². The number of hydrogen-bond donors (Lipinski definition) is 0. The van der Waals surface area contributed by atoms with Crippen LogP contribution in [0.5, 0.6) is 0 Å². The standard InChI is InChI=1S/C13H19NO4S2/c1-17-10-4-5-12-11(9-10)14(6-7-18-12)20(15,16)13-3-2-8-19-13/h2-3,8,10-12H,4-7,9H2,1H3/t10-,11+,12+/m1/s1. The Labute approximate surface area is 123 Å². The molecule has 2 heterocycles. The number of methoxy groups -OCH3 is 1. The zero-order valence-electron chi connectivity index (χ0n) is 11.4. The Kier molecular flexibility index (Phi) is 4.14. The van der Waals surface area contributed by atoms with E-state index in [4.69, 9.17) is 9.47 Å². The van der Waals surface area contributed by atoms with E-state index in [1.807, 2.05) is 0 Å². The first kappa shape index (κ1) is 14.5. The first-order valence-electron chi connectivity index (χ1n) is 6.82. The number of morpholine rings is 1. The molecule has 1 aromatic rings. The van der Waals surface area contributed by atoms with Crippen LogP contribution in [0.25, 0.3) is 0 Å². The number of hydrogen-bond acceptors (Lipinski definition) is 5. The Balaban J connectivity index is 1.88. The fourth-order valence-corrected chi connectivity index (χ4v) is 5.84. The summed E-state index contributed by atoms with van der Waals surface area (Å²) < 4.78 is 38.7. The molecule has 20 heavy (non-hydrogen) atoms. The summed E-state index contributed by atoms with van der Waals surface area (Å²) in [5, 5.41) is 1.80. The van der Waals surface area contributed by atoms with E-state index in [0.29, 0.717) is 23.8 Å². The third kappa shape index (κ3) is 2.53. The van der Waals surface area contributed by atoms with Crippen LogP contribution in [0.4, 0.5) is 0 Å². The summed E-state index contributed by atoms with van der Waals surface area (Å²) >= 11 is 1.27. The largest absolute Gasteiger partial charge is 0.381 e. The van der Waals surface area contributed by atoms with Gasteiger partial charge in [0.05, 0.1) is 24.9 Å². The van der Waals surface area contributed by atoms with Gasteiger partial charge in [-0.3, -0.25) is 0 Å². The number of thiophene rings is 1. The van der Waals surface area contributed by atoms with Crippen molar-refractivity contribution in [2.45, 2.75) is 41.7 Å². The molecule has 1 saturated carbocycles. The SMILES string of the molecule is CO[C@@H]1CC[C@@H]2OCCN(S(=O)(=O)c3cccs3)[C@H]2C1. The zero-order chi connectivity index (χ0) is 14.2. The second-order valence-electron chi connectivity index (χ2n) is 5.20. The lowest BCUT2D eigenvalue weighted by molar-refractivity contribution is -0.0883. The second kappa shape index (κ2) is 5.73. The molecule has 0 bridgehead atoms. The van der Waals surface area contributed by atoms with Crippen LogP contribution in [-0.2, 0) is 19.5 Å². The molecule has 0 aromatic carbocycles. The molecular formula is C13H19NO4S2. The number of sulfonamides is 1. The molecular weight excluding hydrogens is 298 g/mol. The third-order valence-corrected chi connectivity index (χ3v) is 7.41. The number of fused-ring (bicyclic) bond motifs is 1. The molecule has 2 fully saturated rings. The topological polar surface area (TPSA) is 55.8 Å². The van der Waals surface area contributed by atoms with Crippen LogP contribution in [0.1, 0.15) is 19.3 Å². The Hall–Kier alpha value is -0.470. The van der Waals surface area contributed by atoms with Crippen LogP contribution in [0.3, 0.4) is 0 Å². The summed E-state index contributed by atoms with van der Waals surface area (Å²) in [4.78, 5) is 0. The Morgan fingerprint density at radius 1 is 1.45 bits per heavy atom. The van der Waals surface area contributed by atoms with Gasteiger partial charge in [0.1, 0.15) is 4.21 Å². The summed E-state index contributed by atoms with van der Waals surface area (Å²) in [6.45, 7) is 0.904. The lowest BCUT2D eigenvalue weighted by atomic mass is 9.89. The molecule has 0 N–H and O–H groups in total. The minimum Gasteiger partial charge on any atom is -0.381 e. The fourth-order valence-electron chi connectivity index (χ4n) is 3.08. The van der Waals surface area contributed by atoms with Gasteiger partial charge < -0.3 is 9.47 Å². The van der Waals surface area contributed by atoms with Gasteiger partial charge in [0, 0.05) is 13.7 Å². The molecule has 3 atom stereocenters. The fraction of sp³-hybridized carbons (Fsp3) is 0.692. The summed E-state index contributed by atoms with van der Waals surface area (Å²) in [6, 6.07) is 3.34. The molecule has 1 saturated heterocycles. The van der Waals surface area contributed by atoms with Crippen molar-refractivity contribution in [3.8, 4) is 0 Å². The predicted molar refractivity (Wildman–Crippen MR) is 76.4 cm³/mol. The summed E-state index contributed by atoms with van der Waals surface area (Å²) in [5.41, 5.74) is 0. The quantitative estimate of drug-likeness (QED) is 0.851. The van der Waals surface area contributed by atoms with Crippen molar-refractivity contribution in [1.82, 2.24) is 4.31 Å². The normalized spacial score (nSPS) is 31.9. The summed E-state index contributed by atoms with van der Waals surface area (Å²) in [6.07, 6.45) is 2.64. The van der Waals surface area contributed by atoms with Crippen molar-refractivity contribution in [2.24, 2.45) is 0 Å². The summed E-state index contributed by atoms with van der Waals surface area (Å²) in [5.74, 6) is 0. The van der Waals surface area contributed by atoms with Gasteiger partial charge in [0.2, 0.25) is 0 Å². The Bertz CT molecular complexity index is 543. The predicted octanol–water partition coefficient (Wildman–Crippen LogP) is 1.71. The Morgan fingerprint density at radius 2 is 2.30 bits per heavy atom. The highest BCUT2D eigenvalue weighted by Gasteiger charge is 2.43. The van der Waals surface area contributed by atoms with E-state index < -0.39 is 10.0 Å². The van der Waals surface area contributed by atoms with Crippen molar-refractivity contribution < 1.29 is 17.9 Å². The van der Waals surface area contributed by atoms with E-state index in [-0.39, 0.29) is 18.2 Å². The molecule has 7 heteroatoms. The highest BCUT2D eigenvalue weighted by Crippen LogP contribution is 2.34. The van der Waals surface area contributed by atoms with Gasteiger partial charge in [0.15, 0.2) is 0 Å². The molecule has 1 aromatic heterocycles. The molecule has 112 valence electrons.